The first-order chi connectivity index (χ1) is 8.61. The van der Waals surface area contributed by atoms with Crippen molar-refractivity contribution in [2.45, 2.75) is 36.9 Å². The van der Waals surface area contributed by atoms with Gasteiger partial charge < -0.3 is 30.3 Å². The average Bonchev–Trinajstić information content (AvgIpc) is 2.38. The van der Waals surface area contributed by atoms with Crippen LogP contribution in [0.15, 0.2) is 24.3 Å². The summed E-state index contributed by atoms with van der Waals surface area (Å²) < 4.78 is 5.30. The van der Waals surface area contributed by atoms with Gasteiger partial charge in [-0.2, -0.15) is 0 Å². The molecule has 104 valence electrons. The second-order valence-corrected chi connectivity index (χ2v) is 4.14. The molecular weight excluding hydrogens is 240 g/mol. The zero-order valence-corrected chi connectivity index (χ0v) is 9.96. The average molecular weight is 260 g/mol. The van der Waals surface area contributed by atoms with E-state index in [4.69, 9.17) is 14.9 Å². The molecule has 6 heteroatoms. The van der Waals surface area contributed by atoms with Gasteiger partial charge in [-0.3, -0.25) is 0 Å². The Kier molecular flexibility index (Phi) is 6.48. The quantitative estimate of drug-likeness (QED) is 0.378. The van der Waals surface area contributed by atoms with Crippen molar-refractivity contribution in [3.05, 3.63) is 24.3 Å². The number of rotatable bonds is 5. The van der Waals surface area contributed by atoms with Gasteiger partial charge in [0.15, 0.2) is 0 Å². The zero-order valence-electron chi connectivity index (χ0n) is 9.96. The van der Waals surface area contributed by atoms with Gasteiger partial charge in [-0.25, -0.2) is 0 Å². The molecule has 1 aliphatic heterocycles. The summed E-state index contributed by atoms with van der Waals surface area (Å²) in [5.41, 5.74) is 0. The molecule has 0 aromatic carbocycles. The van der Waals surface area contributed by atoms with E-state index in [9.17, 15) is 15.3 Å². The molecule has 6 nitrogen and oxygen atoms in total. The molecule has 0 aliphatic carbocycles. The maximum atomic E-state index is 9.72. The van der Waals surface area contributed by atoms with Crippen LogP contribution >= 0.6 is 0 Å². The standard InChI is InChI=1S/C12H20O6/c13-6-4-2-1-3-5-8-10(15)12(17)11(16)9(7-14)18-8/h1-4,8-17H,5-7H2/b3-1+,4-2+/t8?,9-,10+,11-,12-/m1/s1. The van der Waals surface area contributed by atoms with Crippen LogP contribution in [-0.2, 0) is 4.74 Å². The SMILES string of the molecule is OC/C=C/C=C/CC1O[C@H](CO)[C@@H](O)[C@H](O)[C@H]1O. The van der Waals surface area contributed by atoms with Crippen molar-refractivity contribution in [1.29, 1.82) is 0 Å². The summed E-state index contributed by atoms with van der Waals surface area (Å²) in [4.78, 5) is 0. The Balaban J connectivity index is 2.54. The van der Waals surface area contributed by atoms with E-state index in [2.05, 4.69) is 0 Å². The van der Waals surface area contributed by atoms with Crippen LogP contribution in [0.2, 0.25) is 0 Å². The summed E-state index contributed by atoms with van der Waals surface area (Å²) >= 11 is 0. The summed E-state index contributed by atoms with van der Waals surface area (Å²) in [5.74, 6) is 0. The third-order valence-corrected chi connectivity index (χ3v) is 2.85. The number of hydrogen-bond donors (Lipinski definition) is 5. The first kappa shape index (κ1) is 15.3. The summed E-state index contributed by atoms with van der Waals surface area (Å²) in [7, 11) is 0. The highest BCUT2D eigenvalue weighted by Gasteiger charge is 2.42. The molecule has 5 atom stereocenters. The highest BCUT2D eigenvalue weighted by atomic mass is 16.5. The third-order valence-electron chi connectivity index (χ3n) is 2.85. The van der Waals surface area contributed by atoms with Gasteiger partial charge in [-0.1, -0.05) is 24.3 Å². The molecule has 1 heterocycles. The number of ether oxygens (including phenoxy) is 1. The van der Waals surface area contributed by atoms with Crippen molar-refractivity contribution < 1.29 is 30.3 Å². The van der Waals surface area contributed by atoms with Gasteiger partial charge in [0, 0.05) is 0 Å². The topological polar surface area (TPSA) is 110 Å². The smallest absolute Gasteiger partial charge is 0.111 e. The summed E-state index contributed by atoms with van der Waals surface area (Å²) in [6, 6.07) is 0. The van der Waals surface area contributed by atoms with Crippen molar-refractivity contribution >= 4 is 0 Å². The Morgan fingerprint density at radius 1 is 0.833 bits per heavy atom. The van der Waals surface area contributed by atoms with Gasteiger partial charge in [0.25, 0.3) is 0 Å². The lowest BCUT2D eigenvalue weighted by Crippen LogP contribution is -2.58. The molecule has 18 heavy (non-hydrogen) atoms. The van der Waals surface area contributed by atoms with Gasteiger partial charge in [-0.15, -0.1) is 0 Å². The Bertz CT molecular complexity index is 288. The van der Waals surface area contributed by atoms with E-state index in [0.717, 1.165) is 0 Å². The lowest BCUT2D eigenvalue weighted by atomic mass is 9.93. The largest absolute Gasteiger partial charge is 0.394 e. The van der Waals surface area contributed by atoms with Gasteiger partial charge in [0.1, 0.15) is 24.4 Å². The summed E-state index contributed by atoms with van der Waals surface area (Å²) in [6.07, 6.45) is 1.51. The molecular formula is C12H20O6. The van der Waals surface area contributed by atoms with Crippen molar-refractivity contribution in [2.75, 3.05) is 13.2 Å². The molecule has 1 aliphatic rings. The monoisotopic (exact) mass is 260 g/mol. The normalized spacial score (nSPS) is 37.7. The van der Waals surface area contributed by atoms with E-state index >= 15 is 0 Å². The van der Waals surface area contributed by atoms with Crippen LogP contribution in [0.5, 0.6) is 0 Å². The fourth-order valence-electron chi connectivity index (χ4n) is 1.80. The number of aliphatic hydroxyl groups is 5. The van der Waals surface area contributed by atoms with E-state index in [1.165, 1.54) is 0 Å². The summed E-state index contributed by atoms with van der Waals surface area (Å²) in [5, 5.41) is 46.3. The fourth-order valence-corrected chi connectivity index (χ4v) is 1.80. The second kappa shape index (κ2) is 7.63. The zero-order chi connectivity index (χ0) is 13.5. The molecule has 1 fully saturated rings. The minimum Gasteiger partial charge on any atom is -0.394 e. The minimum absolute atomic E-state index is 0.0512. The Labute approximate surface area is 105 Å². The molecule has 1 unspecified atom stereocenters. The van der Waals surface area contributed by atoms with Gasteiger partial charge in [-0.05, 0) is 6.42 Å². The van der Waals surface area contributed by atoms with E-state index in [1.54, 1.807) is 24.3 Å². The molecule has 0 bridgehead atoms. The van der Waals surface area contributed by atoms with Crippen molar-refractivity contribution in [2.24, 2.45) is 0 Å². The van der Waals surface area contributed by atoms with Gasteiger partial charge in [0.05, 0.1) is 19.3 Å². The molecule has 0 amide bonds. The Morgan fingerprint density at radius 2 is 1.44 bits per heavy atom. The minimum atomic E-state index is -1.33. The molecule has 0 aromatic rings. The van der Waals surface area contributed by atoms with Gasteiger partial charge >= 0.3 is 0 Å². The maximum absolute atomic E-state index is 9.72. The Hall–Kier alpha value is -0.760. The van der Waals surface area contributed by atoms with Crippen molar-refractivity contribution in [1.82, 2.24) is 0 Å². The predicted octanol–water partition coefficient (Wildman–Crippen LogP) is -1.68. The van der Waals surface area contributed by atoms with E-state index < -0.39 is 37.1 Å². The van der Waals surface area contributed by atoms with E-state index in [1.807, 2.05) is 0 Å². The first-order valence-corrected chi connectivity index (χ1v) is 5.84. The van der Waals surface area contributed by atoms with Crippen LogP contribution in [0.4, 0.5) is 0 Å². The first-order valence-electron chi connectivity index (χ1n) is 5.84. The highest BCUT2D eigenvalue weighted by molar-refractivity contribution is 5.04. The fraction of sp³-hybridized carbons (Fsp3) is 0.667. The maximum Gasteiger partial charge on any atom is 0.111 e. The van der Waals surface area contributed by atoms with E-state index in [-0.39, 0.29) is 6.61 Å². The number of allylic oxidation sites excluding steroid dienone is 2. The molecule has 0 radical (unpaired) electrons. The lowest BCUT2D eigenvalue weighted by Gasteiger charge is -2.39. The predicted molar refractivity (Wildman–Crippen MR) is 63.8 cm³/mol. The lowest BCUT2D eigenvalue weighted by molar-refractivity contribution is -0.227. The molecule has 1 saturated heterocycles. The van der Waals surface area contributed by atoms with Crippen LogP contribution in [0.3, 0.4) is 0 Å². The van der Waals surface area contributed by atoms with Crippen LogP contribution in [0.1, 0.15) is 6.42 Å². The van der Waals surface area contributed by atoms with Crippen molar-refractivity contribution in [3.8, 4) is 0 Å². The molecule has 1 rings (SSSR count). The van der Waals surface area contributed by atoms with E-state index in [0.29, 0.717) is 6.42 Å². The Morgan fingerprint density at radius 3 is 2.06 bits per heavy atom. The molecule has 0 saturated carbocycles. The molecule has 0 aromatic heterocycles. The van der Waals surface area contributed by atoms with Crippen LogP contribution in [-0.4, -0.2) is 69.3 Å². The number of aliphatic hydroxyl groups excluding tert-OH is 5. The second-order valence-electron chi connectivity index (χ2n) is 4.14. The summed E-state index contributed by atoms with van der Waals surface area (Å²) in [6.45, 7) is -0.472. The molecule has 0 spiro atoms. The van der Waals surface area contributed by atoms with Crippen molar-refractivity contribution in [3.63, 3.8) is 0 Å². The highest BCUT2D eigenvalue weighted by Crippen LogP contribution is 2.23. The number of hydrogen-bond acceptors (Lipinski definition) is 6. The van der Waals surface area contributed by atoms with Crippen LogP contribution < -0.4 is 0 Å². The molecule has 5 N–H and O–H groups in total. The van der Waals surface area contributed by atoms with Crippen LogP contribution in [0, 0.1) is 0 Å². The van der Waals surface area contributed by atoms with Gasteiger partial charge in [0.2, 0.25) is 0 Å². The third kappa shape index (κ3) is 3.88. The van der Waals surface area contributed by atoms with Crippen LogP contribution in [0.25, 0.3) is 0 Å².